The van der Waals surface area contributed by atoms with Crippen molar-refractivity contribution in [2.24, 2.45) is 5.92 Å². The third-order valence-electron chi connectivity index (χ3n) is 5.76. The minimum atomic E-state index is -0.279. The third kappa shape index (κ3) is 4.60. The Kier molecular flexibility index (Phi) is 6.25. The molecule has 30 heavy (non-hydrogen) atoms. The fourth-order valence-electron chi connectivity index (χ4n) is 4.02. The molecule has 2 atom stereocenters. The maximum absolute atomic E-state index is 12.9. The van der Waals surface area contributed by atoms with Gasteiger partial charge in [0.2, 0.25) is 11.8 Å². The summed E-state index contributed by atoms with van der Waals surface area (Å²) in [6, 6.07) is 12.8. The summed E-state index contributed by atoms with van der Waals surface area (Å²) < 4.78 is 5.20. The summed E-state index contributed by atoms with van der Waals surface area (Å²) in [4.78, 5) is 31.7. The molecule has 2 saturated heterocycles. The van der Waals surface area contributed by atoms with Crippen molar-refractivity contribution in [1.29, 1.82) is 0 Å². The van der Waals surface area contributed by atoms with Crippen LogP contribution in [0.1, 0.15) is 31.0 Å². The number of hydrogen-bond acceptors (Lipinski definition) is 6. The molecule has 0 bridgehead atoms. The first-order valence-corrected chi connectivity index (χ1v) is 10.3. The number of nitrogens with one attached hydrogen (secondary N) is 3. The van der Waals surface area contributed by atoms with Crippen LogP contribution in [-0.4, -0.2) is 47.9 Å². The van der Waals surface area contributed by atoms with E-state index in [4.69, 9.17) is 4.74 Å². The Hall–Kier alpha value is -2.97. The van der Waals surface area contributed by atoms with Crippen LogP contribution in [0.15, 0.2) is 48.7 Å². The van der Waals surface area contributed by atoms with Crippen LogP contribution >= 0.6 is 0 Å². The van der Waals surface area contributed by atoms with E-state index in [2.05, 4.69) is 21.2 Å². The second-order valence-electron chi connectivity index (χ2n) is 7.70. The van der Waals surface area contributed by atoms with Gasteiger partial charge in [-0.1, -0.05) is 12.1 Å². The van der Waals surface area contributed by atoms with Gasteiger partial charge in [0.15, 0.2) is 0 Å². The summed E-state index contributed by atoms with van der Waals surface area (Å²) in [6.07, 6.45) is 3.73. The highest BCUT2D eigenvalue weighted by Gasteiger charge is 2.35. The minimum Gasteiger partial charge on any atom is -0.497 e. The van der Waals surface area contributed by atoms with Gasteiger partial charge in [-0.2, -0.15) is 0 Å². The van der Waals surface area contributed by atoms with E-state index in [1.165, 1.54) is 0 Å². The molecule has 2 fully saturated rings. The molecule has 8 heteroatoms. The monoisotopic (exact) mass is 409 g/mol. The highest BCUT2D eigenvalue weighted by atomic mass is 16.5. The molecule has 0 saturated carbocycles. The van der Waals surface area contributed by atoms with Gasteiger partial charge in [0.05, 0.1) is 18.8 Å². The Balaban J connectivity index is 1.27. The predicted molar refractivity (Wildman–Crippen MR) is 113 cm³/mol. The number of pyridine rings is 1. The average molecular weight is 409 g/mol. The fourth-order valence-corrected chi connectivity index (χ4v) is 4.02. The molecule has 2 unspecified atom stereocenters. The fraction of sp³-hybridized carbons (Fsp3) is 0.409. The Morgan fingerprint density at radius 2 is 1.97 bits per heavy atom. The van der Waals surface area contributed by atoms with Gasteiger partial charge in [-0.3, -0.25) is 14.6 Å². The summed E-state index contributed by atoms with van der Waals surface area (Å²) in [5.41, 5.74) is 7.93. The second-order valence-corrected chi connectivity index (χ2v) is 7.70. The van der Waals surface area contributed by atoms with Gasteiger partial charge in [-0.05, 0) is 43.5 Å². The van der Waals surface area contributed by atoms with Crippen molar-refractivity contribution in [2.75, 3.05) is 25.5 Å². The van der Waals surface area contributed by atoms with Gasteiger partial charge in [0, 0.05) is 37.0 Å². The lowest BCUT2D eigenvalue weighted by molar-refractivity contribution is -0.136. The maximum Gasteiger partial charge on any atom is 0.241 e. The van der Waals surface area contributed by atoms with Crippen molar-refractivity contribution in [3.63, 3.8) is 0 Å². The number of aromatic nitrogens is 1. The van der Waals surface area contributed by atoms with Gasteiger partial charge in [-0.25, -0.2) is 10.9 Å². The minimum absolute atomic E-state index is 0.00812. The zero-order chi connectivity index (χ0) is 20.9. The average Bonchev–Trinajstić information content (AvgIpc) is 3.30. The van der Waals surface area contributed by atoms with Crippen molar-refractivity contribution >= 4 is 17.5 Å². The quantitative estimate of drug-likeness (QED) is 0.698. The first kappa shape index (κ1) is 20.3. The number of carbonyl (C=O) groups excluding carboxylic acids is 2. The number of anilines is 1. The van der Waals surface area contributed by atoms with E-state index in [1.54, 1.807) is 19.4 Å². The lowest BCUT2D eigenvalue weighted by Gasteiger charge is -2.32. The van der Waals surface area contributed by atoms with Gasteiger partial charge >= 0.3 is 0 Å². The molecule has 0 spiro atoms. The number of nitrogens with zero attached hydrogens (tertiary/aromatic N) is 2. The summed E-state index contributed by atoms with van der Waals surface area (Å²) >= 11 is 0. The van der Waals surface area contributed by atoms with E-state index in [1.807, 2.05) is 41.3 Å². The van der Waals surface area contributed by atoms with Gasteiger partial charge in [0.25, 0.3) is 0 Å². The van der Waals surface area contributed by atoms with Crippen LogP contribution in [0.4, 0.5) is 5.69 Å². The number of ether oxygens (including phenoxy) is 1. The van der Waals surface area contributed by atoms with Crippen molar-refractivity contribution in [3.05, 3.63) is 54.4 Å². The Labute approximate surface area is 176 Å². The third-order valence-corrected chi connectivity index (χ3v) is 5.76. The summed E-state index contributed by atoms with van der Waals surface area (Å²) in [6.45, 7) is 1.17. The Morgan fingerprint density at radius 1 is 1.13 bits per heavy atom. The summed E-state index contributed by atoms with van der Waals surface area (Å²) in [5, 5.41) is 2.96. The molecule has 2 aromatic rings. The van der Waals surface area contributed by atoms with Crippen LogP contribution in [0, 0.1) is 5.92 Å². The van der Waals surface area contributed by atoms with Crippen molar-refractivity contribution < 1.29 is 14.3 Å². The molecule has 3 N–H and O–H groups in total. The predicted octanol–water partition coefficient (Wildman–Crippen LogP) is 1.88. The first-order valence-electron chi connectivity index (χ1n) is 10.3. The summed E-state index contributed by atoms with van der Waals surface area (Å²) in [5.74, 6) is 0.671. The number of methoxy groups -OCH3 is 1. The zero-order valence-corrected chi connectivity index (χ0v) is 17.0. The number of piperidine rings is 1. The number of hydrogen-bond donors (Lipinski definition) is 3. The molecule has 158 valence electrons. The largest absolute Gasteiger partial charge is 0.497 e. The number of hydrazine groups is 1. The maximum atomic E-state index is 12.9. The standard InChI is InChI=1S/C22H27N5O3/c1-30-17-6-4-5-16(13-17)24-21(28)15-8-11-27(12-9-15)22(29)20-14-19(25-26-20)18-7-2-3-10-23-18/h2-7,10,13,15,19-20,25-26H,8-9,11-12,14H2,1H3,(H,24,28). The lowest BCUT2D eigenvalue weighted by atomic mass is 9.95. The lowest BCUT2D eigenvalue weighted by Crippen LogP contribution is -2.49. The van der Waals surface area contributed by atoms with Crippen LogP contribution in [0.5, 0.6) is 5.75 Å². The number of benzene rings is 1. The van der Waals surface area contributed by atoms with E-state index >= 15 is 0 Å². The molecular weight excluding hydrogens is 382 g/mol. The van der Waals surface area contributed by atoms with E-state index in [0.717, 1.165) is 11.4 Å². The highest BCUT2D eigenvalue weighted by molar-refractivity contribution is 5.93. The molecule has 0 aliphatic carbocycles. The van der Waals surface area contributed by atoms with Crippen molar-refractivity contribution in [2.45, 2.75) is 31.3 Å². The van der Waals surface area contributed by atoms with Crippen LogP contribution < -0.4 is 20.9 Å². The van der Waals surface area contributed by atoms with E-state index in [0.29, 0.717) is 38.1 Å². The molecule has 2 aliphatic heterocycles. The number of carbonyl (C=O) groups is 2. The second kappa shape index (κ2) is 9.23. The van der Waals surface area contributed by atoms with Gasteiger partial charge < -0.3 is 15.0 Å². The van der Waals surface area contributed by atoms with Crippen molar-refractivity contribution in [1.82, 2.24) is 20.7 Å². The van der Waals surface area contributed by atoms with Crippen LogP contribution in [0.3, 0.4) is 0 Å². The van der Waals surface area contributed by atoms with E-state index in [-0.39, 0.29) is 29.8 Å². The number of likely N-dealkylation sites (tertiary alicyclic amines) is 1. The zero-order valence-electron chi connectivity index (χ0n) is 17.0. The molecule has 1 aromatic heterocycles. The Morgan fingerprint density at radius 3 is 2.70 bits per heavy atom. The summed E-state index contributed by atoms with van der Waals surface area (Å²) in [7, 11) is 1.60. The molecule has 4 rings (SSSR count). The molecule has 0 radical (unpaired) electrons. The SMILES string of the molecule is COc1cccc(NC(=O)C2CCN(C(=O)C3CC(c4ccccn4)NN3)CC2)c1. The smallest absolute Gasteiger partial charge is 0.241 e. The number of amides is 2. The van der Waals surface area contributed by atoms with Crippen LogP contribution in [0.2, 0.25) is 0 Å². The van der Waals surface area contributed by atoms with E-state index in [9.17, 15) is 9.59 Å². The first-order chi connectivity index (χ1) is 14.6. The highest BCUT2D eigenvalue weighted by Crippen LogP contribution is 2.25. The molecule has 2 aliphatic rings. The Bertz CT molecular complexity index is 883. The molecule has 3 heterocycles. The van der Waals surface area contributed by atoms with Crippen molar-refractivity contribution in [3.8, 4) is 5.75 Å². The molecule has 1 aromatic carbocycles. The van der Waals surface area contributed by atoms with Gasteiger partial charge in [0.1, 0.15) is 11.8 Å². The van der Waals surface area contributed by atoms with Crippen LogP contribution in [0.25, 0.3) is 0 Å². The molecule has 8 nitrogen and oxygen atoms in total. The van der Waals surface area contributed by atoms with Gasteiger partial charge in [-0.15, -0.1) is 0 Å². The van der Waals surface area contributed by atoms with Crippen LogP contribution in [-0.2, 0) is 9.59 Å². The number of rotatable bonds is 5. The molecular formula is C22H27N5O3. The normalized spacial score (nSPS) is 22.0. The molecule has 2 amide bonds. The van der Waals surface area contributed by atoms with E-state index < -0.39 is 0 Å². The topological polar surface area (TPSA) is 95.6 Å².